The number of rotatable bonds is 3. The molecule has 1 aromatic rings. The third-order valence-electron chi connectivity index (χ3n) is 3.12. The molecule has 0 radical (unpaired) electrons. The number of amides is 1. The highest BCUT2D eigenvalue weighted by Gasteiger charge is 2.15. The first-order chi connectivity index (χ1) is 8.15. The molecule has 0 atom stereocenters. The minimum absolute atomic E-state index is 0.0840. The van der Waals surface area contributed by atoms with E-state index in [0.29, 0.717) is 6.54 Å². The lowest BCUT2D eigenvalue weighted by molar-refractivity contribution is -0.685. The number of hydrogen-bond acceptors (Lipinski definition) is 1. The Morgan fingerprint density at radius 1 is 1.35 bits per heavy atom. The lowest BCUT2D eigenvalue weighted by atomic mass is 9.93. The van der Waals surface area contributed by atoms with Crippen LogP contribution in [0.1, 0.15) is 37.8 Å². The number of aromatic nitrogens is 1. The number of nitrogens with zero attached hydrogens (tertiary/aromatic N) is 1. The molecule has 1 amide bonds. The summed E-state index contributed by atoms with van der Waals surface area (Å²) in [5.41, 5.74) is 2.87. The number of carbonyl (C=O) groups excluding carboxylic acids is 1. The van der Waals surface area contributed by atoms with Crippen molar-refractivity contribution in [3.8, 4) is 0 Å². The van der Waals surface area contributed by atoms with Crippen molar-refractivity contribution in [1.29, 1.82) is 0 Å². The van der Waals surface area contributed by atoms with E-state index in [1.165, 1.54) is 30.4 Å². The predicted molar refractivity (Wildman–Crippen MR) is 66.6 cm³/mol. The summed E-state index contributed by atoms with van der Waals surface area (Å²) >= 11 is 0. The molecule has 0 fully saturated rings. The molecule has 1 aliphatic carbocycles. The second-order valence-corrected chi connectivity index (χ2v) is 5.10. The van der Waals surface area contributed by atoms with E-state index >= 15 is 0 Å². The van der Waals surface area contributed by atoms with Crippen LogP contribution < -0.4 is 9.88 Å². The second kappa shape index (κ2) is 5.30. The zero-order valence-electron chi connectivity index (χ0n) is 10.7. The zero-order chi connectivity index (χ0) is 12.3. The lowest BCUT2D eigenvalue weighted by Gasteiger charge is -2.13. The first kappa shape index (κ1) is 12.1. The predicted octanol–water partition coefficient (Wildman–Crippen LogP) is 1.38. The van der Waals surface area contributed by atoms with Crippen molar-refractivity contribution in [1.82, 2.24) is 5.32 Å². The summed E-state index contributed by atoms with van der Waals surface area (Å²) in [6.07, 6.45) is 9.06. The largest absolute Gasteiger partial charge is 0.348 e. The van der Waals surface area contributed by atoms with Gasteiger partial charge in [0.2, 0.25) is 6.54 Å². The zero-order valence-corrected chi connectivity index (χ0v) is 10.7. The molecule has 92 valence electrons. The van der Waals surface area contributed by atoms with E-state index in [2.05, 4.69) is 17.6 Å². The van der Waals surface area contributed by atoms with Crippen molar-refractivity contribution in [2.75, 3.05) is 0 Å². The summed E-state index contributed by atoms with van der Waals surface area (Å²) in [5, 5.41) is 2.91. The Morgan fingerprint density at radius 3 is 2.76 bits per heavy atom. The molecule has 17 heavy (non-hydrogen) atoms. The van der Waals surface area contributed by atoms with Gasteiger partial charge in [-0.25, -0.2) is 0 Å². The molecule has 0 bridgehead atoms. The Kier molecular flexibility index (Phi) is 3.77. The maximum absolute atomic E-state index is 11.7. The van der Waals surface area contributed by atoms with Gasteiger partial charge in [-0.2, -0.15) is 4.57 Å². The standard InChI is InChI=1S/C14H20N2O/c1-11(2)15-14(17)10-16-8-7-12-5-3-4-6-13(12)9-16/h7-9,11H,3-6,10H2,1-2H3/p+1. The summed E-state index contributed by atoms with van der Waals surface area (Å²) in [5.74, 6) is 0.0840. The molecule has 0 saturated heterocycles. The second-order valence-electron chi connectivity index (χ2n) is 5.10. The van der Waals surface area contributed by atoms with E-state index in [0.717, 1.165) is 6.42 Å². The van der Waals surface area contributed by atoms with Crippen molar-refractivity contribution in [3.05, 3.63) is 29.6 Å². The highest BCUT2D eigenvalue weighted by Crippen LogP contribution is 2.18. The molecule has 0 unspecified atom stereocenters. The highest BCUT2D eigenvalue weighted by atomic mass is 16.2. The van der Waals surface area contributed by atoms with Crippen LogP contribution in [0.3, 0.4) is 0 Å². The van der Waals surface area contributed by atoms with Gasteiger partial charge in [0.25, 0.3) is 5.91 Å². The normalized spacial score (nSPS) is 14.5. The minimum atomic E-state index is 0.0840. The quantitative estimate of drug-likeness (QED) is 0.786. The van der Waals surface area contributed by atoms with Crippen molar-refractivity contribution < 1.29 is 9.36 Å². The monoisotopic (exact) mass is 233 g/mol. The van der Waals surface area contributed by atoms with Crippen LogP contribution in [0.25, 0.3) is 0 Å². The van der Waals surface area contributed by atoms with Crippen LogP contribution in [-0.2, 0) is 24.2 Å². The van der Waals surface area contributed by atoms with Crippen LogP contribution in [0.15, 0.2) is 18.5 Å². The third-order valence-corrected chi connectivity index (χ3v) is 3.12. The van der Waals surface area contributed by atoms with Gasteiger partial charge in [0.1, 0.15) is 0 Å². The van der Waals surface area contributed by atoms with Gasteiger partial charge in [0.05, 0.1) is 0 Å². The van der Waals surface area contributed by atoms with E-state index < -0.39 is 0 Å². The average Bonchev–Trinajstić information content (AvgIpc) is 2.27. The molecule has 2 rings (SSSR count). The van der Waals surface area contributed by atoms with Crippen LogP contribution in [0.5, 0.6) is 0 Å². The van der Waals surface area contributed by atoms with Gasteiger partial charge < -0.3 is 5.32 Å². The van der Waals surface area contributed by atoms with Gasteiger partial charge in [-0.1, -0.05) is 0 Å². The van der Waals surface area contributed by atoms with Crippen molar-refractivity contribution in [2.24, 2.45) is 0 Å². The highest BCUT2D eigenvalue weighted by molar-refractivity contribution is 5.74. The Bertz CT molecular complexity index is 413. The molecule has 0 spiro atoms. The summed E-state index contributed by atoms with van der Waals surface area (Å²) in [4.78, 5) is 11.7. The van der Waals surface area contributed by atoms with Gasteiger partial charge in [0, 0.05) is 17.7 Å². The maximum atomic E-state index is 11.7. The van der Waals surface area contributed by atoms with Gasteiger partial charge in [-0.05, 0) is 45.1 Å². The Hall–Kier alpha value is -1.38. The van der Waals surface area contributed by atoms with Gasteiger partial charge in [-0.3, -0.25) is 4.79 Å². The molecule has 1 heterocycles. The fraction of sp³-hybridized carbons (Fsp3) is 0.571. The Balaban J connectivity index is 2.04. The van der Waals surface area contributed by atoms with E-state index in [-0.39, 0.29) is 11.9 Å². The first-order valence-electron chi connectivity index (χ1n) is 6.45. The number of fused-ring (bicyclic) bond motifs is 1. The molecular weight excluding hydrogens is 212 g/mol. The molecule has 0 aliphatic heterocycles. The molecule has 1 aliphatic rings. The van der Waals surface area contributed by atoms with Crippen molar-refractivity contribution >= 4 is 5.91 Å². The van der Waals surface area contributed by atoms with Crippen LogP contribution in [0.2, 0.25) is 0 Å². The van der Waals surface area contributed by atoms with Gasteiger partial charge >= 0.3 is 0 Å². The molecule has 0 saturated carbocycles. The Labute approximate surface area is 103 Å². The average molecular weight is 233 g/mol. The smallest absolute Gasteiger partial charge is 0.286 e. The molecule has 3 heteroatoms. The summed E-state index contributed by atoms with van der Waals surface area (Å²) in [7, 11) is 0. The Morgan fingerprint density at radius 2 is 2.06 bits per heavy atom. The first-order valence-corrected chi connectivity index (χ1v) is 6.45. The van der Waals surface area contributed by atoms with E-state index in [4.69, 9.17) is 0 Å². The summed E-state index contributed by atoms with van der Waals surface area (Å²) in [6.45, 7) is 4.39. The topological polar surface area (TPSA) is 33.0 Å². The fourth-order valence-electron chi connectivity index (χ4n) is 2.35. The number of pyridine rings is 1. The number of nitrogens with one attached hydrogen (secondary N) is 1. The SMILES string of the molecule is CC(C)NC(=O)C[n+]1ccc2c(c1)CCCC2. The number of carbonyl (C=O) groups is 1. The van der Waals surface area contributed by atoms with Crippen LogP contribution in [0, 0.1) is 0 Å². The van der Waals surface area contributed by atoms with Crippen molar-refractivity contribution in [2.45, 2.75) is 52.1 Å². The van der Waals surface area contributed by atoms with Crippen LogP contribution >= 0.6 is 0 Å². The van der Waals surface area contributed by atoms with Gasteiger partial charge in [0.15, 0.2) is 12.4 Å². The van der Waals surface area contributed by atoms with E-state index in [9.17, 15) is 4.79 Å². The number of aryl methyl sites for hydroxylation is 2. The molecule has 1 aromatic heterocycles. The number of hydrogen-bond donors (Lipinski definition) is 1. The summed E-state index contributed by atoms with van der Waals surface area (Å²) in [6, 6.07) is 2.37. The lowest BCUT2D eigenvalue weighted by Crippen LogP contribution is -2.44. The van der Waals surface area contributed by atoms with Crippen molar-refractivity contribution in [3.63, 3.8) is 0 Å². The molecule has 0 aromatic carbocycles. The third kappa shape index (κ3) is 3.29. The molecule has 3 nitrogen and oxygen atoms in total. The summed E-state index contributed by atoms with van der Waals surface area (Å²) < 4.78 is 1.99. The minimum Gasteiger partial charge on any atom is -0.348 e. The van der Waals surface area contributed by atoms with Crippen LogP contribution in [0.4, 0.5) is 0 Å². The van der Waals surface area contributed by atoms with Crippen LogP contribution in [-0.4, -0.2) is 11.9 Å². The fourth-order valence-corrected chi connectivity index (χ4v) is 2.35. The molecule has 1 N–H and O–H groups in total. The van der Waals surface area contributed by atoms with E-state index in [1.54, 1.807) is 0 Å². The van der Waals surface area contributed by atoms with Gasteiger partial charge in [-0.15, -0.1) is 0 Å². The van der Waals surface area contributed by atoms with E-state index in [1.807, 2.05) is 24.6 Å². The molecular formula is C14H21N2O+. The maximum Gasteiger partial charge on any atom is 0.286 e.